The van der Waals surface area contributed by atoms with Crippen LogP contribution < -0.4 is 11.3 Å². The van der Waals surface area contributed by atoms with Gasteiger partial charge in [0.25, 0.3) is 0 Å². The maximum Gasteiger partial charge on any atom is 0.123 e. The molecule has 3 nitrogen and oxygen atoms in total. The molecule has 0 fully saturated rings. The van der Waals surface area contributed by atoms with Crippen LogP contribution in [-0.2, 0) is 6.42 Å². The van der Waals surface area contributed by atoms with Crippen molar-refractivity contribution < 1.29 is 4.39 Å². The zero-order chi connectivity index (χ0) is 13.0. The van der Waals surface area contributed by atoms with Crippen LogP contribution in [0.3, 0.4) is 0 Å². The second kappa shape index (κ2) is 5.71. The van der Waals surface area contributed by atoms with Crippen molar-refractivity contribution in [1.82, 2.24) is 10.4 Å². The second-order valence-corrected chi connectivity index (χ2v) is 4.28. The van der Waals surface area contributed by atoms with Crippen molar-refractivity contribution in [3.05, 3.63) is 65.2 Å². The van der Waals surface area contributed by atoms with Gasteiger partial charge < -0.3 is 0 Å². The summed E-state index contributed by atoms with van der Waals surface area (Å²) < 4.78 is 12.8. The number of nitrogens with one attached hydrogen (secondary N) is 1. The van der Waals surface area contributed by atoms with Crippen LogP contribution in [0.5, 0.6) is 0 Å². The van der Waals surface area contributed by atoms with Crippen molar-refractivity contribution in [2.24, 2.45) is 5.84 Å². The summed E-state index contributed by atoms with van der Waals surface area (Å²) in [6.07, 6.45) is 2.47. The molecule has 0 spiro atoms. The number of aryl methyl sites for hydroxylation is 1. The van der Waals surface area contributed by atoms with Crippen molar-refractivity contribution in [3.8, 4) is 0 Å². The minimum Gasteiger partial charge on any atom is -0.271 e. The van der Waals surface area contributed by atoms with Crippen LogP contribution >= 0.6 is 0 Å². The van der Waals surface area contributed by atoms with Crippen LogP contribution in [0.4, 0.5) is 4.39 Å². The Balaban J connectivity index is 2.17. The predicted octanol–water partition coefficient (Wildman–Crippen LogP) is 2.28. The summed E-state index contributed by atoms with van der Waals surface area (Å²) in [6, 6.07) is 10.4. The first-order valence-electron chi connectivity index (χ1n) is 5.82. The molecule has 0 bridgehead atoms. The minimum atomic E-state index is -0.226. The van der Waals surface area contributed by atoms with Gasteiger partial charge in [0.2, 0.25) is 0 Å². The second-order valence-electron chi connectivity index (χ2n) is 4.28. The largest absolute Gasteiger partial charge is 0.271 e. The minimum absolute atomic E-state index is 0.00263. The predicted molar refractivity (Wildman–Crippen MR) is 69.1 cm³/mol. The molecule has 0 amide bonds. The number of benzene rings is 1. The third kappa shape index (κ3) is 3.12. The van der Waals surface area contributed by atoms with E-state index in [9.17, 15) is 4.39 Å². The van der Waals surface area contributed by atoms with E-state index in [4.69, 9.17) is 5.84 Å². The Hall–Kier alpha value is -1.78. The van der Waals surface area contributed by atoms with Gasteiger partial charge in [-0.1, -0.05) is 12.1 Å². The Morgan fingerprint density at radius 2 is 2.00 bits per heavy atom. The maximum absolute atomic E-state index is 12.8. The highest BCUT2D eigenvalue weighted by atomic mass is 19.1. The first-order chi connectivity index (χ1) is 8.69. The Kier molecular flexibility index (Phi) is 4.02. The standard InChI is InChI=1S/C14H16FN3/c1-10-8-12(6-7-17-10)14(18-16)9-11-2-4-13(15)5-3-11/h2-8,14,18H,9,16H2,1H3. The number of pyridine rings is 1. The van der Waals surface area contributed by atoms with Crippen LogP contribution in [-0.4, -0.2) is 4.98 Å². The van der Waals surface area contributed by atoms with E-state index in [2.05, 4.69) is 10.4 Å². The Bertz CT molecular complexity index is 511. The fourth-order valence-corrected chi connectivity index (χ4v) is 1.91. The highest BCUT2D eigenvalue weighted by Gasteiger charge is 2.10. The Morgan fingerprint density at radius 1 is 1.28 bits per heavy atom. The number of halogens is 1. The lowest BCUT2D eigenvalue weighted by Gasteiger charge is -2.16. The van der Waals surface area contributed by atoms with Gasteiger partial charge in [-0.05, 0) is 48.7 Å². The molecule has 0 saturated heterocycles. The van der Waals surface area contributed by atoms with Crippen LogP contribution in [0.2, 0.25) is 0 Å². The van der Waals surface area contributed by atoms with E-state index in [1.54, 1.807) is 18.3 Å². The van der Waals surface area contributed by atoms with Gasteiger partial charge in [-0.25, -0.2) is 4.39 Å². The van der Waals surface area contributed by atoms with E-state index in [-0.39, 0.29) is 11.9 Å². The summed E-state index contributed by atoms with van der Waals surface area (Å²) in [5.74, 6) is 5.36. The van der Waals surface area contributed by atoms with E-state index in [1.807, 2.05) is 19.1 Å². The number of hydrogen-bond acceptors (Lipinski definition) is 3. The van der Waals surface area contributed by atoms with Gasteiger partial charge in [-0.2, -0.15) is 0 Å². The summed E-state index contributed by atoms with van der Waals surface area (Å²) in [5, 5.41) is 0. The molecule has 18 heavy (non-hydrogen) atoms. The SMILES string of the molecule is Cc1cc(C(Cc2ccc(F)cc2)NN)ccn1. The molecule has 1 aromatic carbocycles. The average molecular weight is 245 g/mol. The van der Waals surface area contributed by atoms with E-state index in [0.29, 0.717) is 6.42 Å². The highest BCUT2D eigenvalue weighted by molar-refractivity contribution is 5.24. The van der Waals surface area contributed by atoms with Gasteiger partial charge in [0.05, 0.1) is 6.04 Å². The van der Waals surface area contributed by atoms with Crippen molar-refractivity contribution in [3.63, 3.8) is 0 Å². The third-order valence-corrected chi connectivity index (χ3v) is 2.88. The highest BCUT2D eigenvalue weighted by Crippen LogP contribution is 2.18. The molecule has 0 aliphatic heterocycles. The summed E-state index contributed by atoms with van der Waals surface area (Å²) in [6.45, 7) is 1.94. The molecule has 1 aromatic heterocycles. The summed E-state index contributed by atoms with van der Waals surface area (Å²) in [7, 11) is 0. The fourth-order valence-electron chi connectivity index (χ4n) is 1.91. The number of rotatable bonds is 4. The Labute approximate surface area is 106 Å². The van der Waals surface area contributed by atoms with Crippen molar-refractivity contribution in [2.75, 3.05) is 0 Å². The molecule has 1 unspecified atom stereocenters. The van der Waals surface area contributed by atoms with E-state index in [0.717, 1.165) is 16.8 Å². The van der Waals surface area contributed by atoms with Gasteiger partial charge in [0.1, 0.15) is 5.82 Å². The third-order valence-electron chi connectivity index (χ3n) is 2.88. The zero-order valence-corrected chi connectivity index (χ0v) is 10.2. The number of nitrogens with zero attached hydrogens (tertiary/aromatic N) is 1. The topological polar surface area (TPSA) is 50.9 Å². The zero-order valence-electron chi connectivity index (χ0n) is 10.2. The Morgan fingerprint density at radius 3 is 2.61 bits per heavy atom. The van der Waals surface area contributed by atoms with Crippen molar-refractivity contribution in [2.45, 2.75) is 19.4 Å². The molecule has 2 rings (SSSR count). The molecule has 0 aliphatic carbocycles. The molecule has 0 aliphatic rings. The van der Waals surface area contributed by atoms with E-state index < -0.39 is 0 Å². The summed E-state index contributed by atoms with van der Waals surface area (Å²) in [4.78, 5) is 4.16. The molecular weight excluding hydrogens is 229 g/mol. The molecule has 2 aromatic rings. The molecule has 4 heteroatoms. The molecule has 0 radical (unpaired) electrons. The lowest BCUT2D eigenvalue weighted by Crippen LogP contribution is -2.29. The number of hydrazine groups is 1. The van der Waals surface area contributed by atoms with Gasteiger partial charge in [-0.3, -0.25) is 16.3 Å². The van der Waals surface area contributed by atoms with Gasteiger partial charge in [0, 0.05) is 11.9 Å². The van der Waals surface area contributed by atoms with Gasteiger partial charge in [-0.15, -0.1) is 0 Å². The molecule has 1 atom stereocenters. The number of hydrogen-bond donors (Lipinski definition) is 2. The van der Waals surface area contributed by atoms with E-state index >= 15 is 0 Å². The lowest BCUT2D eigenvalue weighted by atomic mass is 10.00. The molecule has 1 heterocycles. The fraction of sp³-hybridized carbons (Fsp3) is 0.214. The lowest BCUT2D eigenvalue weighted by molar-refractivity contribution is 0.550. The van der Waals surface area contributed by atoms with Crippen molar-refractivity contribution in [1.29, 1.82) is 0 Å². The maximum atomic E-state index is 12.8. The average Bonchev–Trinajstić information content (AvgIpc) is 2.38. The molecule has 0 saturated carbocycles. The first-order valence-corrected chi connectivity index (χ1v) is 5.82. The van der Waals surface area contributed by atoms with Crippen LogP contribution in [0, 0.1) is 12.7 Å². The number of nitrogens with two attached hydrogens (primary N) is 1. The van der Waals surface area contributed by atoms with Gasteiger partial charge >= 0.3 is 0 Å². The van der Waals surface area contributed by atoms with Gasteiger partial charge in [0.15, 0.2) is 0 Å². The van der Waals surface area contributed by atoms with E-state index in [1.165, 1.54) is 12.1 Å². The summed E-state index contributed by atoms with van der Waals surface area (Å²) in [5.41, 5.74) is 5.85. The quantitative estimate of drug-likeness (QED) is 0.642. The van der Waals surface area contributed by atoms with Crippen LogP contribution in [0.25, 0.3) is 0 Å². The summed E-state index contributed by atoms with van der Waals surface area (Å²) >= 11 is 0. The first kappa shape index (κ1) is 12.7. The molecular formula is C14H16FN3. The molecule has 94 valence electrons. The van der Waals surface area contributed by atoms with Crippen molar-refractivity contribution >= 4 is 0 Å². The normalized spacial score (nSPS) is 12.4. The molecule has 3 N–H and O–H groups in total. The monoisotopic (exact) mass is 245 g/mol. The van der Waals surface area contributed by atoms with Crippen LogP contribution in [0.15, 0.2) is 42.6 Å². The van der Waals surface area contributed by atoms with Crippen LogP contribution in [0.1, 0.15) is 22.9 Å². The smallest absolute Gasteiger partial charge is 0.123 e. The number of aromatic nitrogens is 1.